The van der Waals surface area contributed by atoms with Crippen LogP contribution in [0.4, 0.5) is 0 Å². The zero-order chi connectivity index (χ0) is 14.0. The Labute approximate surface area is 111 Å². The van der Waals surface area contributed by atoms with Crippen LogP contribution in [-0.4, -0.2) is 25.2 Å². The molecule has 0 heterocycles. The van der Waals surface area contributed by atoms with Crippen molar-refractivity contribution < 1.29 is 14.3 Å². The molecule has 4 nitrogen and oxygen atoms in total. The van der Waals surface area contributed by atoms with Crippen LogP contribution in [0.3, 0.4) is 0 Å². The fraction of sp³-hybridized carbons (Fsp3) is 0.200. The molecule has 0 aromatic heterocycles. The molecular formula is C15H15NO3. The minimum atomic E-state index is -0.216. The third-order valence-electron chi connectivity index (χ3n) is 3.08. The number of nitrogens with one attached hydrogen (secondary N) is 1. The molecule has 0 fully saturated rings. The zero-order valence-corrected chi connectivity index (χ0v) is 10.9. The van der Waals surface area contributed by atoms with Crippen molar-refractivity contribution in [1.82, 2.24) is 5.32 Å². The monoisotopic (exact) mass is 257 g/mol. The van der Waals surface area contributed by atoms with Gasteiger partial charge in [-0.1, -0.05) is 18.2 Å². The first kappa shape index (κ1) is 13.1. The van der Waals surface area contributed by atoms with Gasteiger partial charge in [-0.2, -0.15) is 0 Å². The Morgan fingerprint density at radius 1 is 1.32 bits per heavy atom. The molecule has 1 N–H and O–H groups in total. The number of ether oxygens (including phenoxy) is 1. The van der Waals surface area contributed by atoms with Crippen molar-refractivity contribution in [2.75, 3.05) is 13.7 Å². The Hall–Kier alpha value is -2.36. The van der Waals surface area contributed by atoms with E-state index >= 15 is 0 Å². The van der Waals surface area contributed by atoms with Crippen LogP contribution >= 0.6 is 0 Å². The van der Waals surface area contributed by atoms with Gasteiger partial charge in [0, 0.05) is 17.7 Å². The van der Waals surface area contributed by atoms with Crippen molar-refractivity contribution in [1.29, 1.82) is 0 Å². The molecule has 0 spiro atoms. The van der Waals surface area contributed by atoms with Crippen LogP contribution in [0.15, 0.2) is 42.1 Å². The number of fused-ring (bicyclic) bond motifs is 1. The number of hydrogen-bond acceptors (Lipinski definition) is 4. The van der Waals surface area contributed by atoms with E-state index in [4.69, 9.17) is 4.74 Å². The van der Waals surface area contributed by atoms with Gasteiger partial charge in [-0.3, -0.25) is 9.59 Å². The van der Waals surface area contributed by atoms with Gasteiger partial charge in [-0.05, 0) is 13.0 Å². The number of Topliss-reactive ketones (excluding diaryl/α,β-unsaturated/α-hetero) is 2. The minimum absolute atomic E-state index is 0.153. The molecule has 0 bridgehead atoms. The molecule has 1 aromatic rings. The smallest absolute Gasteiger partial charge is 0.213 e. The average molecular weight is 257 g/mol. The molecule has 1 aromatic carbocycles. The summed E-state index contributed by atoms with van der Waals surface area (Å²) in [7, 11) is 1.48. The van der Waals surface area contributed by atoms with E-state index in [1.165, 1.54) is 7.11 Å². The van der Waals surface area contributed by atoms with E-state index in [2.05, 4.69) is 11.9 Å². The Kier molecular flexibility index (Phi) is 3.51. The van der Waals surface area contributed by atoms with Gasteiger partial charge in [0.15, 0.2) is 5.78 Å². The molecule has 1 aliphatic carbocycles. The Morgan fingerprint density at radius 2 is 2.05 bits per heavy atom. The number of rotatable bonds is 4. The number of ketones is 2. The summed E-state index contributed by atoms with van der Waals surface area (Å²) in [5.41, 5.74) is 1.47. The first-order chi connectivity index (χ1) is 9.11. The van der Waals surface area contributed by atoms with Crippen molar-refractivity contribution in [2.24, 2.45) is 0 Å². The highest BCUT2D eigenvalue weighted by molar-refractivity contribution is 6.27. The molecule has 19 heavy (non-hydrogen) atoms. The maximum absolute atomic E-state index is 12.5. The van der Waals surface area contributed by atoms with Gasteiger partial charge >= 0.3 is 0 Å². The molecule has 0 saturated heterocycles. The summed E-state index contributed by atoms with van der Waals surface area (Å²) in [4.78, 5) is 24.7. The van der Waals surface area contributed by atoms with Crippen LogP contribution in [0.25, 0.3) is 0 Å². The molecule has 0 saturated carbocycles. The lowest BCUT2D eigenvalue weighted by molar-refractivity contribution is 0.0966. The van der Waals surface area contributed by atoms with Crippen LogP contribution in [0.1, 0.15) is 27.6 Å². The fourth-order valence-corrected chi connectivity index (χ4v) is 2.12. The van der Waals surface area contributed by atoms with E-state index in [1.54, 1.807) is 31.2 Å². The highest BCUT2D eigenvalue weighted by Crippen LogP contribution is 2.31. The quantitative estimate of drug-likeness (QED) is 0.839. The second-order valence-electron chi connectivity index (χ2n) is 4.21. The summed E-state index contributed by atoms with van der Waals surface area (Å²) in [6.07, 6.45) is 1.63. The number of methoxy groups -OCH3 is 1. The maximum Gasteiger partial charge on any atom is 0.213 e. The first-order valence-electron chi connectivity index (χ1n) is 5.93. The highest BCUT2D eigenvalue weighted by atomic mass is 16.5. The first-order valence-corrected chi connectivity index (χ1v) is 5.93. The van der Waals surface area contributed by atoms with Crippen molar-refractivity contribution >= 4 is 11.6 Å². The highest BCUT2D eigenvalue weighted by Gasteiger charge is 2.32. The predicted molar refractivity (Wildman–Crippen MR) is 72.6 cm³/mol. The third-order valence-corrected chi connectivity index (χ3v) is 3.08. The van der Waals surface area contributed by atoms with Gasteiger partial charge in [-0.25, -0.2) is 0 Å². The minimum Gasteiger partial charge on any atom is -0.496 e. The maximum atomic E-state index is 12.5. The van der Waals surface area contributed by atoms with E-state index in [-0.39, 0.29) is 11.6 Å². The van der Waals surface area contributed by atoms with Crippen molar-refractivity contribution in [3.05, 3.63) is 53.3 Å². The zero-order valence-electron chi connectivity index (χ0n) is 10.9. The van der Waals surface area contributed by atoms with E-state index in [0.29, 0.717) is 34.7 Å². The van der Waals surface area contributed by atoms with Gasteiger partial charge in [-0.15, -0.1) is 6.58 Å². The second kappa shape index (κ2) is 5.10. The lowest BCUT2D eigenvalue weighted by atomic mass is 9.87. The molecule has 0 unspecified atom stereocenters. The third kappa shape index (κ3) is 2.05. The van der Waals surface area contributed by atoms with Crippen molar-refractivity contribution in [2.45, 2.75) is 6.92 Å². The van der Waals surface area contributed by atoms with Crippen molar-refractivity contribution in [3.8, 4) is 5.75 Å². The second-order valence-corrected chi connectivity index (χ2v) is 4.21. The van der Waals surface area contributed by atoms with Gasteiger partial charge in [0.25, 0.3) is 0 Å². The number of carbonyl (C=O) groups excluding carboxylic acids is 2. The van der Waals surface area contributed by atoms with Crippen LogP contribution in [0, 0.1) is 0 Å². The lowest BCUT2D eigenvalue weighted by Crippen LogP contribution is -2.30. The van der Waals surface area contributed by atoms with Crippen LogP contribution < -0.4 is 10.1 Å². The Morgan fingerprint density at radius 3 is 2.68 bits per heavy atom. The summed E-state index contributed by atoms with van der Waals surface area (Å²) in [6, 6.07) is 5.03. The average Bonchev–Trinajstić information content (AvgIpc) is 2.44. The van der Waals surface area contributed by atoms with Gasteiger partial charge < -0.3 is 10.1 Å². The number of benzene rings is 1. The fourth-order valence-electron chi connectivity index (χ4n) is 2.12. The molecule has 4 heteroatoms. The summed E-state index contributed by atoms with van der Waals surface area (Å²) in [5, 5.41) is 2.93. The normalized spacial score (nSPS) is 14.2. The predicted octanol–water partition coefficient (Wildman–Crippen LogP) is 2.12. The molecule has 0 atom stereocenters. The topological polar surface area (TPSA) is 55.4 Å². The Bertz CT molecular complexity index is 599. The number of carbonyl (C=O) groups is 2. The molecule has 2 rings (SSSR count). The number of allylic oxidation sites excluding steroid dienone is 2. The van der Waals surface area contributed by atoms with Gasteiger partial charge in [0.05, 0.1) is 18.4 Å². The molecular weight excluding hydrogens is 242 g/mol. The largest absolute Gasteiger partial charge is 0.496 e. The molecule has 1 aliphatic rings. The van der Waals surface area contributed by atoms with Crippen molar-refractivity contribution in [3.63, 3.8) is 0 Å². The summed E-state index contributed by atoms with van der Waals surface area (Å²) in [6.45, 7) is 5.66. The van der Waals surface area contributed by atoms with E-state index in [9.17, 15) is 9.59 Å². The van der Waals surface area contributed by atoms with E-state index in [1.807, 2.05) is 0 Å². The summed E-state index contributed by atoms with van der Waals surface area (Å²) >= 11 is 0. The van der Waals surface area contributed by atoms with Gasteiger partial charge in [0.2, 0.25) is 5.78 Å². The molecule has 0 radical (unpaired) electrons. The van der Waals surface area contributed by atoms with Crippen LogP contribution in [0.2, 0.25) is 0 Å². The molecule has 0 aliphatic heterocycles. The lowest BCUT2D eigenvalue weighted by Gasteiger charge is -2.21. The summed E-state index contributed by atoms with van der Waals surface area (Å²) < 4.78 is 5.18. The van der Waals surface area contributed by atoms with Crippen LogP contribution in [-0.2, 0) is 0 Å². The van der Waals surface area contributed by atoms with Gasteiger partial charge in [0.1, 0.15) is 5.75 Å². The molecule has 98 valence electrons. The molecule has 0 amide bonds. The standard InChI is InChI=1S/C15H15NO3/c1-4-8-16-13-9(2)14(17)10-6-5-7-11(19-3)12(10)15(13)18/h4-7,16H,1,8H2,2-3H3. The SMILES string of the molecule is C=CCNC1=C(C)C(=O)c2cccc(OC)c2C1=O. The van der Waals surface area contributed by atoms with E-state index < -0.39 is 0 Å². The number of hydrogen-bond donors (Lipinski definition) is 1. The Balaban J connectivity index is 2.58. The summed E-state index contributed by atoms with van der Waals surface area (Å²) in [5.74, 6) is 0.0488. The van der Waals surface area contributed by atoms with E-state index in [0.717, 1.165) is 0 Å². The van der Waals surface area contributed by atoms with Crippen LogP contribution in [0.5, 0.6) is 5.75 Å².